The zero-order valence-electron chi connectivity index (χ0n) is 12.0. The van der Waals surface area contributed by atoms with Gasteiger partial charge >= 0.3 is 11.7 Å². The molecule has 0 aliphatic rings. The summed E-state index contributed by atoms with van der Waals surface area (Å²) in [5.41, 5.74) is 0.367. The number of hydrogen-bond donors (Lipinski definition) is 1. The van der Waals surface area contributed by atoms with Gasteiger partial charge in [-0.15, -0.1) is 0 Å². The molecule has 1 atom stereocenters. The van der Waals surface area contributed by atoms with Gasteiger partial charge in [-0.3, -0.25) is 10.1 Å². The largest absolute Gasteiger partial charge is 0.467 e. The number of anilines is 1. The minimum Gasteiger partial charge on any atom is -0.467 e. The highest BCUT2D eigenvalue weighted by atomic mass is 16.6. The molecule has 1 heterocycles. The Morgan fingerprint density at radius 3 is 2.70 bits per heavy atom. The van der Waals surface area contributed by atoms with Gasteiger partial charge in [0.2, 0.25) is 5.82 Å². The first-order valence-electron chi connectivity index (χ1n) is 6.31. The fourth-order valence-corrected chi connectivity index (χ4v) is 1.88. The van der Waals surface area contributed by atoms with Crippen molar-refractivity contribution >= 4 is 17.5 Å². The van der Waals surface area contributed by atoms with Crippen molar-refractivity contribution in [1.29, 1.82) is 0 Å². The maximum Gasteiger partial charge on any atom is 0.328 e. The summed E-state index contributed by atoms with van der Waals surface area (Å²) < 4.78 is 4.72. The van der Waals surface area contributed by atoms with E-state index in [4.69, 9.17) is 4.74 Å². The molecule has 0 aromatic carbocycles. The molecule has 0 fully saturated rings. The fraction of sp³-hybridized carbons (Fsp3) is 0.538. The third kappa shape index (κ3) is 3.91. The van der Waals surface area contributed by atoms with Crippen LogP contribution < -0.4 is 5.32 Å². The standard InChI is InChI=1S/C13H19N3O4/c1-8(2)7-10(13(17)20-4)15-12-11(16(18)19)9(3)5-6-14-12/h5-6,8,10H,7H2,1-4H3,(H,14,15). The van der Waals surface area contributed by atoms with Crippen molar-refractivity contribution in [3.05, 3.63) is 27.9 Å². The monoisotopic (exact) mass is 281 g/mol. The average Bonchev–Trinajstić information content (AvgIpc) is 2.36. The molecule has 1 N–H and O–H groups in total. The van der Waals surface area contributed by atoms with Crippen LogP contribution in [0.15, 0.2) is 12.3 Å². The Balaban J connectivity index is 3.08. The minimum atomic E-state index is -0.659. The molecule has 7 nitrogen and oxygen atoms in total. The maximum atomic E-state index is 11.7. The second-order valence-corrected chi connectivity index (χ2v) is 4.93. The van der Waals surface area contributed by atoms with Crippen LogP contribution in [0.3, 0.4) is 0 Å². The molecule has 0 aliphatic carbocycles. The summed E-state index contributed by atoms with van der Waals surface area (Å²) in [6.07, 6.45) is 1.97. The smallest absolute Gasteiger partial charge is 0.328 e. The highest BCUT2D eigenvalue weighted by Crippen LogP contribution is 2.27. The van der Waals surface area contributed by atoms with E-state index in [9.17, 15) is 14.9 Å². The lowest BCUT2D eigenvalue weighted by molar-refractivity contribution is -0.384. The van der Waals surface area contributed by atoms with Crippen molar-refractivity contribution in [3.63, 3.8) is 0 Å². The van der Waals surface area contributed by atoms with E-state index in [1.165, 1.54) is 13.3 Å². The predicted molar refractivity (Wildman–Crippen MR) is 74.5 cm³/mol. The molecule has 0 saturated carbocycles. The number of nitrogens with one attached hydrogen (secondary N) is 1. The van der Waals surface area contributed by atoms with Gasteiger partial charge in [0.25, 0.3) is 0 Å². The number of ether oxygens (including phenoxy) is 1. The number of carbonyl (C=O) groups is 1. The lowest BCUT2D eigenvalue weighted by Crippen LogP contribution is -2.32. The van der Waals surface area contributed by atoms with Crippen LogP contribution in [0.4, 0.5) is 11.5 Å². The van der Waals surface area contributed by atoms with Crippen molar-refractivity contribution in [2.45, 2.75) is 33.2 Å². The second kappa shape index (κ2) is 6.83. The molecule has 7 heteroatoms. The normalized spacial score (nSPS) is 12.1. The Morgan fingerprint density at radius 1 is 1.55 bits per heavy atom. The first-order valence-corrected chi connectivity index (χ1v) is 6.31. The summed E-state index contributed by atoms with van der Waals surface area (Å²) in [4.78, 5) is 26.3. The molecular weight excluding hydrogens is 262 g/mol. The van der Waals surface area contributed by atoms with Crippen LogP contribution in [0.2, 0.25) is 0 Å². The van der Waals surface area contributed by atoms with Crippen LogP contribution in [0.1, 0.15) is 25.8 Å². The van der Waals surface area contributed by atoms with E-state index in [0.29, 0.717) is 12.0 Å². The van der Waals surface area contributed by atoms with Gasteiger partial charge < -0.3 is 10.1 Å². The molecule has 0 radical (unpaired) electrons. The van der Waals surface area contributed by atoms with Gasteiger partial charge in [-0.05, 0) is 25.3 Å². The molecule has 110 valence electrons. The van der Waals surface area contributed by atoms with Crippen LogP contribution in [0, 0.1) is 23.0 Å². The number of pyridine rings is 1. The van der Waals surface area contributed by atoms with E-state index in [1.807, 2.05) is 13.8 Å². The predicted octanol–water partition coefficient (Wildman–Crippen LogP) is 2.30. The van der Waals surface area contributed by atoms with Gasteiger partial charge in [0.1, 0.15) is 6.04 Å². The fourth-order valence-electron chi connectivity index (χ4n) is 1.88. The zero-order valence-corrected chi connectivity index (χ0v) is 12.0. The van der Waals surface area contributed by atoms with Crippen molar-refractivity contribution in [1.82, 2.24) is 4.98 Å². The highest BCUT2D eigenvalue weighted by Gasteiger charge is 2.26. The Morgan fingerprint density at radius 2 is 2.20 bits per heavy atom. The molecule has 0 saturated heterocycles. The van der Waals surface area contributed by atoms with Gasteiger partial charge in [0.05, 0.1) is 12.0 Å². The molecule has 0 amide bonds. The minimum absolute atomic E-state index is 0.0889. The van der Waals surface area contributed by atoms with Crippen LogP contribution in [0.5, 0.6) is 0 Å². The quantitative estimate of drug-likeness (QED) is 0.488. The van der Waals surface area contributed by atoms with Crippen molar-refractivity contribution in [2.24, 2.45) is 5.92 Å². The molecule has 1 aromatic rings. The van der Waals surface area contributed by atoms with Gasteiger partial charge in [0, 0.05) is 11.8 Å². The molecule has 1 rings (SSSR count). The molecule has 0 spiro atoms. The van der Waals surface area contributed by atoms with Gasteiger partial charge in [-0.25, -0.2) is 9.78 Å². The van der Waals surface area contributed by atoms with Gasteiger partial charge in [-0.1, -0.05) is 13.8 Å². The molecule has 20 heavy (non-hydrogen) atoms. The number of aryl methyl sites for hydroxylation is 1. The van der Waals surface area contributed by atoms with E-state index >= 15 is 0 Å². The summed E-state index contributed by atoms with van der Waals surface area (Å²) in [5, 5.41) is 13.9. The van der Waals surface area contributed by atoms with Crippen LogP contribution >= 0.6 is 0 Å². The number of nitrogens with zero attached hydrogens (tertiary/aromatic N) is 2. The Hall–Kier alpha value is -2.18. The second-order valence-electron chi connectivity index (χ2n) is 4.93. The van der Waals surface area contributed by atoms with Crippen molar-refractivity contribution < 1.29 is 14.5 Å². The number of hydrogen-bond acceptors (Lipinski definition) is 6. The molecular formula is C13H19N3O4. The molecule has 0 aliphatic heterocycles. The molecule has 1 aromatic heterocycles. The third-order valence-corrected chi connectivity index (χ3v) is 2.81. The Kier molecular flexibility index (Phi) is 5.42. The summed E-state index contributed by atoms with van der Waals surface area (Å²) in [6.45, 7) is 5.53. The third-order valence-electron chi connectivity index (χ3n) is 2.81. The van der Waals surface area contributed by atoms with Crippen LogP contribution in [0.25, 0.3) is 0 Å². The topological polar surface area (TPSA) is 94.4 Å². The van der Waals surface area contributed by atoms with E-state index in [2.05, 4.69) is 10.3 Å². The Labute approximate surface area is 117 Å². The SMILES string of the molecule is COC(=O)C(CC(C)C)Nc1nccc(C)c1[N+](=O)[O-]. The van der Waals surface area contributed by atoms with E-state index in [-0.39, 0.29) is 17.4 Å². The Bertz CT molecular complexity index is 502. The molecule has 0 bridgehead atoms. The first kappa shape index (κ1) is 15.9. The summed E-state index contributed by atoms with van der Waals surface area (Å²) >= 11 is 0. The number of nitro groups is 1. The molecule has 1 unspecified atom stereocenters. The number of rotatable bonds is 6. The van der Waals surface area contributed by atoms with Crippen molar-refractivity contribution in [3.8, 4) is 0 Å². The number of esters is 1. The first-order chi connectivity index (χ1) is 9.36. The average molecular weight is 281 g/mol. The van der Waals surface area contributed by atoms with E-state index in [0.717, 1.165) is 0 Å². The van der Waals surface area contributed by atoms with Crippen LogP contribution in [-0.4, -0.2) is 29.0 Å². The maximum absolute atomic E-state index is 11.7. The van der Waals surface area contributed by atoms with E-state index < -0.39 is 16.9 Å². The number of aromatic nitrogens is 1. The number of methoxy groups -OCH3 is 1. The zero-order chi connectivity index (χ0) is 15.3. The summed E-state index contributed by atoms with van der Waals surface area (Å²) in [5.74, 6) is -0.141. The lowest BCUT2D eigenvalue weighted by Gasteiger charge is -2.18. The van der Waals surface area contributed by atoms with Crippen molar-refractivity contribution in [2.75, 3.05) is 12.4 Å². The lowest BCUT2D eigenvalue weighted by atomic mass is 10.0. The van der Waals surface area contributed by atoms with Gasteiger partial charge in [-0.2, -0.15) is 0 Å². The van der Waals surface area contributed by atoms with E-state index in [1.54, 1.807) is 13.0 Å². The van der Waals surface area contributed by atoms with Gasteiger partial charge in [0.15, 0.2) is 0 Å². The summed E-state index contributed by atoms with van der Waals surface area (Å²) in [6, 6.07) is 0.895. The number of carbonyl (C=O) groups excluding carboxylic acids is 1. The van der Waals surface area contributed by atoms with Crippen LogP contribution in [-0.2, 0) is 9.53 Å². The highest BCUT2D eigenvalue weighted by molar-refractivity contribution is 5.80. The summed E-state index contributed by atoms with van der Waals surface area (Å²) in [7, 11) is 1.29.